The van der Waals surface area contributed by atoms with E-state index in [1.54, 1.807) is 0 Å². The summed E-state index contributed by atoms with van der Waals surface area (Å²) in [5.74, 6) is 5.36. The molecule has 0 aromatic carbocycles. The largest absolute Gasteiger partial charge is 0.379 e. The maximum Gasteiger partial charge on any atom is 0.0588 e. The third kappa shape index (κ3) is 1.85. The molecule has 64 valence electrons. The summed E-state index contributed by atoms with van der Waals surface area (Å²) in [4.78, 5) is 2.11. The second kappa shape index (κ2) is 3.59. The van der Waals surface area contributed by atoms with E-state index in [1.165, 1.54) is 5.70 Å². The fourth-order valence-electron chi connectivity index (χ4n) is 1.30. The SMILES string of the molecule is CN(C)C1=C(NN)CNCC1. The lowest BCUT2D eigenvalue weighted by atomic mass is 10.2. The summed E-state index contributed by atoms with van der Waals surface area (Å²) in [6.07, 6.45) is 1.05. The van der Waals surface area contributed by atoms with Crippen molar-refractivity contribution in [2.24, 2.45) is 5.84 Å². The van der Waals surface area contributed by atoms with Crippen LogP contribution in [0, 0.1) is 0 Å². The number of hydrazine groups is 1. The van der Waals surface area contributed by atoms with Crippen LogP contribution < -0.4 is 16.6 Å². The Morgan fingerprint density at radius 3 is 2.73 bits per heavy atom. The lowest BCUT2D eigenvalue weighted by Crippen LogP contribution is -2.38. The van der Waals surface area contributed by atoms with Crippen molar-refractivity contribution in [1.82, 2.24) is 15.6 Å². The van der Waals surface area contributed by atoms with Gasteiger partial charge in [-0.2, -0.15) is 0 Å². The molecular weight excluding hydrogens is 140 g/mol. The van der Waals surface area contributed by atoms with Crippen molar-refractivity contribution in [2.75, 3.05) is 27.2 Å². The van der Waals surface area contributed by atoms with Crippen LogP contribution in [-0.2, 0) is 0 Å². The normalized spacial score (nSPS) is 18.5. The first kappa shape index (κ1) is 8.36. The third-order valence-electron chi connectivity index (χ3n) is 1.90. The Labute approximate surface area is 67.4 Å². The van der Waals surface area contributed by atoms with E-state index in [0.29, 0.717) is 0 Å². The number of hydrogen-bond acceptors (Lipinski definition) is 4. The minimum absolute atomic E-state index is 0.851. The molecule has 0 atom stereocenters. The Hall–Kier alpha value is -0.740. The average molecular weight is 156 g/mol. The second-order valence-electron chi connectivity index (χ2n) is 2.89. The highest BCUT2D eigenvalue weighted by molar-refractivity contribution is 5.14. The van der Waals surface area contributed by atoms with Crippen molar-refractivity contribution in [3.63, 3.8) is 0 Å². The van der Waals surface area contributed by atoms with Gasteiger partial charge in [-0.3, -0.25) is 5.84 Å². The van der Waals surface area contributed by atoms with E-state index in [2.05, 4.69) is 15.6 Å². The molecule has 0 aromatic rings. The lowest BCUT2D eigenvalue weighted by molar-refractivity contribution is 0.443. The molecule has 0 fully saturated rings. The van der Waals surface area contributed by atoms with E-state index in [1.807, 2.05) is 14.1 Å². The summed E-state index contributed by atoms with van der Waals surface area (Å²) in [6.45, 7) is 1.89. The molecule has 0 aromatic heterocycles. The van der Waals surface area contributed by atoms with Gasteiger partial charge < -0.3 is 15.6 Å². The van der Waals surface area contributed by atoms with Gasteiger partial charge in [0, 0.05) is 39.3 Å². The second-order valence-corrected chi connectivity index (χ2v) is 2.89. The summed E-state index contributed by atoms with van der Waals surface area (Å²) >= 11 is 0. The molecule has 0 aliphatic carbocycles. The number of nitrogens with zero attached hydrogens (tertiary/aromatic N) is 1. The van der Waals surface area contributed by atoms with Gasteiger partial charge in [-0.1, -0.05) is 0 Å². The topological polar surface area (TPSA) is 53.3 Å². The zero-order chi connectivity index (χ0) is 8.27. The standard InChI is InChI=1S/C7H16N4/c1-11(2)7-3-4-9-5-6(7)10-8/h9-10H,3-5,8H2,1-2H3. The van der Waals surface area contributed by atoms with Gasteiger partial charge >= 0.3 is 0 Å². The minimum atomic E-state index is 0.851. The van der Waals surface area contributed by atoms with Crippen LogP contribution in [0.25, 0.3) is 0 Å². The van der Waals surface area contributed by atoms with Gasteiger partial charge in [-0.15, -0.1) is 0 Å². The van der Waals surface area contributed by atoms with Crippen LogP contribution in [0.3, 0.4) is 0 Å². The molecular formula is C7H16N4. The van der Waals surface area contributed by atoms with Crippen molar-refractivity contribution in [1.29, 1.82) is 0 Å². The van der Waals surface area contributed by atoms with Gasteiger partial charge in [0.05, 0.1) is 5.70 Å². The van der Waals surface area contributed by atoms with E-state index >= 15 is 0 Å². The predicted molar refractivity (Wildman–Crippen MR) is 45.5 cm³/mol. The van der Waals surface area contributed by atoms with Crippen molar-refractivity contribution in [3.05, 3.63) is 11.4 Å². The van der Waals surface area contributed by atoms with Crippen molar-refractivity contribution >= 4 is 0 Å². The maximum atomic E-state index is 5.36. The molecule has 4 nitrogen and oxygen atoms in total. The van der Waals surface area contributed by atoms with E-state index in [0.717, 1.165) is 25.2 Å². The van der Waals surface area contributed by atoms with Gasteiger partial charge in [-0.05, 0) is 0 Å². The van der Waals surface area contributed by atoms with Crippen LogP contribution in [0.15, 0.2) is 11.4 Å². The molecule has 4 N–H and O–H groups in total. The van der Waals surface area contributed by atoms with Gasteiger partial charge in [0.25, 0.3) is 0 Å². The smallest absolute Gasteiger partial charge is 0.0588 e. The van der Waals surface area contributed by atoms with E-state index < -0.39 is 0 Å². The Kier molecular flexibility index (Phi) is 2.73. The first-order valence-electron chi connectivity index (χ1n) is 3.82. The maximum absolute atomic E-state index is 5.36. The number of rotatable bonds is 2. The number of nitrogens with two attached hydrogens (primary N) is 1. The minimum Gasteiger partial charge on any atom is -0.379 e. The zero-order valence-corrected chi connectivity index (χ0v) is 7.15. The number of nitrogens with one attached hydrogen (secondary N) is 2. The summed E-state index contributed by atoms with van der Waals surface area (Å²) in [5, 5.41) is 3.24. The molecule has 0 spiro atoms. The van der Waals surface area contributed by atoms with Crippen LogP contribution in [0.4, 0.5) is 0 Å². The van der Waals surface area contributed by atoms with Crippen molar-refractivity contribution in [3.8, 4) is 0 Å². The van der Waals surface area contributed by atoms with Gasteiger partial charge in [0.15, 0.2) is 0 Å². The summed E-state index contributed by atoms with van der Waals surface area (Å²) in [7, 11) is 4.08. The molecule has 0 saturated heterocycles. The van der Waals surface area contributed by atoms with Crippen LogP contribution >= 0.6 is 0 Å². The summed E-state index contributed by atoms with van der Waals surface area (Å²) in [5.41, 5.74) is 5.11. The van der Waals surface area contributed by atoms with Crippen molar-refractivity contribution < 1.29 is 0 Å². The first-order chi connectivity index (χ1) is 5.25. The van der Waals surface area contributed by atoms with E-state index in [-0.39, 0.29) is 0 Å². The van der Waals surface area contributed by atoms with E-state index in [4.69, 9.17) is 5.84 Å². The quantitative estimate of drug-likeness (QED) is 0.362. The molecule has 0 amide bonds. The fourth-order valence-corrected chi connectivity index (χ4v) is 1.30. The molecule has 1 aliphatic rings. The molecule has 0 bridgehead atoms. The van der Waals surface area contributed by atoms with Crippen LogP contribution in [0.2, 0.25) is 0 Å². The van der Waals surface area contributed by atoms with Crippen LogP contribution in [0.5, 0.6) is 0 Å². The Morgan fingerprint density at radius 1 is 1.55 bits per heavy atom. The zero-order valence-electron chi connectivity index (χ0n) is 7.15. The highest BCUT2D eigenvalue weighted by Crippen LogP contribution is 2.11. The molecule has 0 unspecified atom stereocenters. The fraction of sp³-hybridized carbons (Fsp3) is 0.714. The molecule has 11 heavy (non-hydrogen) atoms. The molecule has 4 heteroatoms. The monoisotopic (exact) mass is 156 g/mol. The Morgan fingerprint density at radius 2 is 2.27 bits per heavy atom. The summed E-state index contributed by atoms with van der Waals surface area (Å²) < 4.78 is 0. The molecule has 0 saturated carbocycles. The molecule has 1 rings (SSSR count). The first-order valence-corrected chi connectivity index (χ1v) is 3.82. The molecule has 0 radical (unpaired) electrons. The molecule has 1 heterocycles. The molecule has 1 aliphatic heterocycles. The van der Waals surface area contributed by atoms with Gasteiger partial charge in [0.1, 0.15) is 0 Å². The van der Waals surface area contributed by atoms with Crippen LogP contribution in [-0.4, -0.2) is 32.1 Å². The van der Waals surface area contributed by atoms with Gasteiger partial charge in [-0.25, -0.2) is 0 Å². The predicted octanol–water partition coefficient (Wildman–Crippen LogP) is -0.784. The highest BCUT2D eigenvalue weighted by Gasteiger charge is 2.11. The highest BCUT2D eigenvalue weighted by atomic mass is 15.3. The average Bonchev–Trinajstić information content (AvgIpc) is 2.04. The van der Waals surface area contributed by atoms with Crippen molar-refractivity contribution in [2.45, 2.75) is 6.42 Å². The summed E-state index contributed by atoms with van der Waals surface area (Å²) in [6, 6.07) is 0. The lowest BCUT2D eigenvalue weighted by Gasteiger charge is -2.26. The van der Waals surface area contributed by atoms with E-state index in [9.17, 15) is 0 Å². The third-order valence-corrected chi connectivity index (χ3v) is 1.90. The Balaban J connectivity index is 2.73. The Bertz CT molecular complexity index is 162. The van der Waals surface area contributed by atoms with Crippen LogP contribution in [0.1, 0.15) is 6.42 Å². The number of hydrogen-bond donors (Lipinski definition) is 3. The van der Waals surface area contributed by atoms with Gasteiger partial charge in [0.2, 0.25) is 0 Å².